The highest BCUT2D eigenvalue weighted by atomic mass is 19.1. The van der Waals surface area contributed by atoms with Crippen LogP contribution in [0.5, 0.6) is 0 Å². The van der Waals surface area contributed by atoms with Crippen LogP contribution in [0.1, 0.15) is 29.0 Å². The lowest BCUT2D eigenvalue weighted by Gasteiger charge is -2.29. The Balaban J connectivity index is 1.60. The smallest absolute Gasteiger partial charge is 0.273 e. The third-order valence-electron chi connectivity index (χ3n) is 5.44. The van der Waals surface area contributed by atoms with Crippen molar-refractivity contribution in [1.82, 2.24) is 19.8 Å². The zero-order valence-corrected chi connectivity index (χ0v) is 14.8. The first kappa shape index (κ1) is 17.4. The predicted octanol–water partition coefficient (Wildman–Crippen LogP) is 1.20. The van der Waals surface area contributed by atoms with Gasteiger partial charge in [-0.1, -0.05) is 12.1 Å². The Morgan fingerprint density at radius 2 is 2.07 bits per heavy atom. The molecule has 0 aliphatic carbocycles. The van der Waals surface area contributed by atoms with Gasteiger partial charge in [0.2, 0.25) is 5.91 Å². The molecule has 4 rings (SSSR count). The van der Waals surface area contributed by atoms with E-state index in [-0.39, 0.29) is 46.8 Å². The van der Waals surface area contributed by atoms with Gasteiger partial charge in [0.05, 0.1) is 12.2 Å². The first-order valence-corrected chi connectivity index (χ1v) is 8.80. The molecule has 3 atom stereocenters. The van der Waals surface area contributed by atoms with Crippen LogP contribution in [0.4, 0.5) is 4.39 Å². The fourth-order valence-corrected chi connectivity index (χ4v) is 4.27. The van der Waals surface area contributed by atoms with E-state index in [2.05, 4.69) is 9.97 Å². The van der Waals surface area contributed by atoms with Gasteiger partial charge in [0.15, 0.2) is 0 Å². The fourth-order valence-electron chi connectivity index (χ4n) is 4.27. The van der Waals surface area contributed by atoms with Crippen LogP contribution in [0.3, 0.4) is 0 Å². The molecular weight excluding hydrogens is 351 g/mol. The van der Waals surface area contributed by atoms with Crippen LogP contribution >= 0.6 is 0 Å². The molecule has 2 aromatic rings. The van der Waals surface area contributed by atoms with Crippen LogP contribution in [0.15, 0.2) is 41.5 Å². The van der Waals surface area contributed by atoms with Gasteiger partial charge in [-0.15, -0.1) is 0 Å². The Hall–Kier alpha value is -3.03. The van der Waals surface area contributed by atoms with Crippen molar-refractivity contribution in [2.45, 2.75) is 13.0 Å². The third-order valence-corrected chi connectivity index (χ3v) is 5.44. The molecule has 2 saturated heterocycles. The van der Waals surface area contributed by atoms with Gasteiger partial charge in [0.25, 0.3) is 11.5 Å². The van der Waals surface area contributed by atoms with Gasteiger partial charge in [0.1, 0.15) is 11.5 Å². The molecule has 0 radical (unpaired) electrons. The maximum Gasteiger partial charge on any atom is 0.273 e. The Labute approximate surface area is 154 Å². The highest BCUT2D eigenvalue weighted by Crippen LogP contribution is 2.45. The Bertz CT molecular complexity index is 939. The Kier molecular flexibility index (Phi) is 4.25. The molecule has 2 aliphatic rings. The summed E-state index contributed by atoms with van der Waals surface area (Å²) in [6.45, 7) is 3.00. The van der Waals surface area contributed by atoms with Crippen molar-refractivity contribution in [3.63, 3.8) is 0 Å². The van der Waals surface area contributed by atoms with Crippen LogP contribution < -0.4 is 5.56 Å². The highest BCUT2D eigenvalue weighted by Gasteiger charge is 2.49. The van der Waals surface area contributed by atoms with Gasteiger partial charge in [-0.2, -0.15) is 0 Å². The number of H-pyrrole nitrogens is 1. The lowest BCUT2D eigenvalue weighted by atomic mass is 9.89. The van der Waals surface area contributed by atoms with Crippen molar-refractivity contribution < 1.29 is 14.0 Å². The largest absolute Gasteiger partial charge is 0.337 e. The number of amides is 2. The quantitative estimate of drug-likeness (QED) is 0.861. The lowest BCUT2D eigenvalue weighted by molar-refractivity contribution is -0.130. The average molecular weight is 370 g/mol. The molecule has 0 unspecified atom stereocenters. The van der Waals surface area contributed by atoms with Gasteiger partial charge in [0, 0.05) is 44.6 Å². The molecule has 1 N–H and O–H groups in total. The monoisotopic (exact) mass is 370 g/mol. The number of carbonyl (C=O) groups excluding carboxylic acids is 2. The summed E-state index contributed by atoms with van der Waals surface area (Å²) >= 11 is 0. The third kappa shape index (κ3) is 3.11. The first-order valence-electron chi connectivity index (χ1n) is 8.80. The molecule has 2 fully saturated rings. The molecule has 0 bridgehead atoms. The summed E-state index contributed by atoms with van der Waals surface area (Å²) < 4.78 is 13.7. The van der Waals surface area contributed by atoms with E-state index in [1.807, 2.05) is 6.07 Å². The number of benzene rings is 1. The number of nitrogens with zero attached hydrogens (tertiary/aromatic N) is 3. The van der Waals surface area contributed by atoms with Gasteiger partial charge in [-0.05, 0) is 17.7 Å². The van der Waals surface area contributed by atoms with Crippen molar-refractivity contribution in [1.29, 1.82) is 0 Å². The number of aromatic amines is 1. The topological polar surface area (TPSA) is 86.4 Å². The summed E-state index contributed by atoms with van der Waals surface area (Å²) in [4.78, 5) is 45.8. The number of hydrogen-bond donors (Lipinski definition) is 1. The predicted molar refractivity (Wildman–Crippen MR) is 94.3 cm³/mol. The molecule has 2 amide bonds. The standard InChI is InChI=1S/C19H19FN4O3/c1-11(25)24-9-13-8-23(19(27)16-6-22-17(26)7-21-16)10-15(13)18(24)12-3-2-4-14(20)5-12/h2-7,13,15,18H,8-10H2,1H3,(H,22,26)/t13-,15-,18+/m1/s1. The highest BCUT2D eigenvalue weighted by molar-refractivity contribution is 5.92. The van der Waals surface area contributed by atoms with Crippen LogP contribution in [-0.2, 0) is 4.79 Å². The minimum Gasteiger partial charge on any atom is -0.337 e. The summed E-state index contributed by atoms with van der Waals surface area (Å²) in [6.07, 6.45) is 2.39. The first-order chi connectivity index (χ1) is 12.9. The zero-order chi connectivity index (χ0) is 19.1. The van der Waals surface area contributed by atoms with Crippen molar-refractivity contribution in [3.05, 3.63) is 64.1 Å². The summed E-state index contributed by atoms with van der Waals surface area (Å²) in [5.41, 5.74) is 0.558. The molecule has 27 heavy (non-hydrogen) atoms. The number of halogens is 1. The molecule has 1 aromatic carbocycles. The van der Waals surface area contributed by atoms with E-state index < -0.39 is 0 Å². The molecule has 7 nitrogen and oxygen atoms in total. The summed E-state index contributed by atoms with van der Waals surface area (Å²) in [6, 6.07) is 6.03. The maximum atomic E-state index is 13.7. The van der Waals surface area contributed by atoms with Gasteiger partial charge in [-0.3, -0.25) is 14.4 Å². The van der Waals surface area contributed by atoms with Crippen molar-refractivity contribution in [2.24, 2.45) is 11.8 Å². The van der Waals surface area contributed by atoms with Crippen LogP contribution in [-0.4, -0.2) is 51.2 Å². The van der Waals surface area contributed by atoms with E-state index in [9.17, 15) is 18.8 Å². The number of aromatic nitrogens is 2. The number of hydrogen-bond acceptors (Lipinski definition) is 4. The van der Waals surface area contributed by atoms with Crippen LogP contribution in [0, 0.1) is 17.7 Å². The normalized spacial score (nSPS) is 24.1. The molecule has 2 aliphatic heterocycles. The number of fused-ring (bicyclic) bond motifs is 1. The van der Waals surface area contributed by atoms with E-state index in [1.54, 1.807) is 15.9 Å². The van der Waals surface area contributed by atoms with Gasteiger partial charge < -0.3 is 14.8 Å². The van der Waals surface area contributed by atoms with E-state index in [0.29, 0.717) is 19.6 Å². The molecule has 0 saturated carbocycles. The molecule has 1 aromatic heterocycles. The number of nitrogens with one attached hydrogen (secondary N) is 1. The van der Waals surface area contributed by atoms with E-state index in [4.69, 9.17) is 0 Å². The van der Waals surface area contributed by atoms with E-state index in [0.717, 1.165) is 11.8 Å². The minimum atomic E-state index is -0.367. The summed E-state index contributed by atoms with van der Waals surface area (Å²) in [5, 5.41) is 0. The minimum absolute atomic E-state index is 0.0300. The SMILES string of the molecule is CC(=O)N1C[C@H]2CN(C(=O)c3c[nH]c(=O)cn3)C[C@H]2[C@@H]1c1cccc(F)c1. The number of rotatable bonds is 2. The van der Waals surface area contributed by atoms with Crippen LogP contribution in [0.25, 0.3) is 0 Å². The van der Waals surface area contributed by atoms with Crippen molar-refractivity contribution >= 4 is 11.8 Å². The zero-order valence-electron chi connectivity index (χ0n) is 14.8. The molecule has 3 heterocycles. The lowest BCUT2D eigenvalue weighted by Crippen LogP contribution is -2.37. The Morgan fingerprint density at radius 3 is 2.74 bits per heavy atom. The molecule has 0 spiro atoms. The summed E-state index contributed by atoms with van der Waals surface area (Å²) in [7, 11) is 0. The molecular formula is C19H19FN4O3. The van der Waals surface area contributed by atoms with Crippen molar-refractivity contribution in [3.8, 4) is 0 Å². The maximum absolute atomic E-state index is 13.7. The van der Waals surface area contributed by atoms with Gasteiger partial charge in [-0.25, -0.2) is 9.37 Å². The van der Waals surface area contributed by atoms with Crippen molar-refractivity contribution in [2.75, 3.05) is 19.6 Å². The molecule has 140 valence electrons. The Morgan fingerprint density at radius 1 is 1.26 bits per heavy atom. The number of likely N-dealkylation sites (tertiary alicyclic amines) is 2. The summed E-state index contributed by atoms with van der Waals surface area (Å²) in [5.74, 6) is -0.508. The number of carbonyl (C=O) groups is 2. The fraction of sp³-hybridized carbons (Fsp3) is 0.368. The van der Waals surface area contributed by atoms with E-state index in [1.165, 1.54) is 25.3 Å². The van der Waals surface area contributed by atoms with Crippen LogP contribution in [0.2, 0.25) is 0 Å². The second-order valence-electron chi connectivity index (χ2n) is 7.10. The second kappa shape index (κ2) is 6.61. The second-order valence-corrected chi connectivity index (χ2v) is 7.10. The molecule has 8 heteroatoms. The van der Waals surface area contributed by atoms with E-state index >= 15 is 0 Å². The average Bonchev–Trinajstić information content (AvgIpc) is 3.19. The van der Waals surface area contributed by atoms with Gasteiger partial charge >= 0.3 is 0 Å².